The maximum Gasteiger partial charge on any atom is 0.223 e. The van der Waals surface area contributed by atoms with Gasteiger partial charge in [0.05, 0.1) is 0 Å². The summed E-state index contributed by atoms with van der Waals surface area (Å²) in [5.41, 5.74) is 0. The van der Waals surface area contributed by atoms with Crippen molar-refractivity contribution in [1.82, 2.24) is 4.90 Å². The van der Waals surface area contributed by atoms with Crippen molar-refractivity contribution in [3.05, 3.63) is 0 Å². The van der Waals surface area contributed by atoms with E-state index in [1.54, 1.807) is 16.7 Å². The summed E-state index contributed by atoms with van der Waals surface area (Å²) in [6, 6.07) is 0. The van der Waals surface area contributed by atoms with Crippen LogP contribution in [0.4, 0.5) is 0 Å². The van der Waals surface area contributed by atoms with Gasteiger partial charge in [-0.3, -0.25) is 4.79 Å². The predicted molar refractivity (Wildman–Crippen MR) is 57.0 cm³/mol. The summed E-state index contributed by atoms with van der Waals surface area (Å²) in [6.07, 6.45) is 3.29. The van der Waals surface area contributed by atoms with Crippen LogP contribution in [0, 0.1) is 0 Å². The number of thioether (sulfide) groups is 1. The van der Waals surface area contributed by atoms with E-state index in [1.807, 2.05) is 13.2 Å². The lowest BCUT2D eigenvalue weighted by molar-refractivity contribution is -0.130. The lowest BCUT2D eigenvalue weighted by Crippen LogP contribution is -2.32. The molecule has 1 N–H and O–H groups in total. The normalized spacial score (nSPS) is 10.1. The zero-order chi connectivity index (χ0) is 10.1. The first-order valence-corrected chi connectivity index (χ1v) is 6.03. The number of aliphatic hydroxyl groups is 1. The van der Waals surface area contributed by atoms with Gasteiger partial charge in [-0.1, -0.05) is 0 Å². The average Bonchev–Trinajstić information content (AvgIpc) is 2.16. The Morgan fingerprint density at radius 2 is 2.23 bits per heavy atom. The number of amides is 1. The highest BCUT2D eigenvalue weighted by Gasteiger charge is 2.09. The highest BCUT2D eigenvalue weighted by Crippen LogP contribution is 2.01. The molecule has 0 radical (unpaired) electrons. The summed E-state index contributed by atoms with van der Waals surface area (Å²) >= 11 is 1.68. The first kappa shape index (κ1) is 12.8. The van der Waals surface area contributed by atoms with E-state index in [9.17, 15) is 4.79 Å². The van der Waals surface area contributed by atoms with E-state index in [-0.39, 0.29) is 12.5 Å². The Morgan fingerprint density at radius 3 is 2.69 bits per heavy atom. The minimum atomic E-state index is 0.159. The Balaban J connectivity index is 3.71. The molecule has 0 aromatic carbocycles. The minimum Gasteiger partial charge on any atom is -0.396 e. The van der Waals surface area contributed by atoms with Crippen molar-refractivity contribution in [2.45, 2.75) is 19.8 Å². The van der Waals surface area contributed by atoms with E-state index < -0.39 is 0 Å². The van der Waals surface area contributed by atoms with E-state index in [4.69, 9.17) is 5.11 Å². The molecule has 0 aliphatic heterocycles. The smallest absolute Gasteiger partial charge is 0.223 e. The van der Waals surface area contributed by atoms with Gasteiger partial charge in [0.1, 0.15) is 0 Å². The van der Waals surface area contributed by atoms with Crippen LogP contribution in [-0.4, -0.2) is 47.6 Å². The molecule has 0 aliphatic carbocycles. The van der Waals surface area contributed by atoms with Gasteiger partial charge in [0.25, 0.3) is 0 Å². The van der Waals surface area contributed by atoms with Crippen LogP contribution in [0.5, 0.6) is 0 Å². The first-order chi connectivity index (χ1) is 6.26. The van der Waals surface area contributed by atoms with E-state index in [1.165, 1.54) is 0 Å². The lowest BCUT2D eigenvalue weighted by atomic mass is 10.3. The van der Waals surface area contributed by atoms with Crippen LogP contribution >= 0.6 is 11.8 Å². The third kappa shape index (κ3) is 5.93. The minimum absolute atomic E-state index is 0.159. The monoisotopic (exact) mass is 205 g/mol. The van der Waals surface area contributed by atoms with E-state index in [0.717, 1.165) is 12.3 Å². The van der Waals surface area contributed by atoms with E-state index in [2.05, 4.69) is 0 Å². The number of carbonyl (C=O) groups excluding carboxylic acids is 1. The third-order valence-corrected chi connectivity index (χ3v) is 2.45. The van der Waals surface area contributed by atoms with Crippen molar-refractivity contribution in [1.29, 1.82) is 0 Å². The van der Waals surface area contributed by atoms with Gasteiger partial charge in [-0.15, -0.1) is 0 Å². The van der Waals surface area contributed by atoms with Crippen LogP contribution in [0.3, 0.4) is 0 Å². The second kappa shape index (κ2) is 8.38. The number of nitrogens with zero attached hydrogens (tertiary/aromatic N) is 1. The molecule has 1 amide bonds. The van der Waals surface area contributed by atoms with Crippen molar-refractivity contribution in [2.75, 3.05) is 31.7 Å². The second-order valence-electron chi connectivity index (χ2n) is 2.79. The molecule has 0 rings (SSSR count). The number of aliphatic hydroxyl groups excluding tert-OH is 1. The first-order valence-electron chi connectivity index (χ1n) is 4.63. The number of rotatable bonds is 7. The fraction of sp³-hybridized carbons (Fsp3) is 0.889. The molecule has 3 nitrogen and oxygen atoms in total. The van der Waals surface area contributed by atoms with E-state index >= 15 is 0 Å². The molecular formula is C9H19NO2S. The molecule has 4 heteroatoms. The van der Waals surface area contributed by atoms with Crippen LogP contribution in [-0.2, 0) is 4.79 Å². The molecular weight excluding hydrogens is 186 g/mol. The molecule has 0 unspecified atom stereocenters. The fourth-order valence-corrected chi connectivity index (χ4v) is 1.45. The Labute approximate surface area is 84.5 Å². The maximum atomic E-state index is 11.5. The van der Waals surface area contributed by atoms with Crippen molar-refractivity contribution in [2.24, 2.45) is 0 Å². The van der Waals surface area contributed by atoms with Crippen molar-refractivity contribution < 1.29 is 9.90 Å². The molecule has 0 bridgehead atoms. The SMILES string of the molecule is CCN(CCCO)C(=O)CCSC. The summed E-state index contributed by atoms with van der Waals surface area (Å²) in [5.74, 6) is 1.08. The molecule has 0 aromatic rings. The van der Waals surface area contributed by atoms with Gasteiger partial charge in [-0.25, -0.2) is 0 Å². The highest BCUT2D eigenvalue weighted by atomic mass is 32.2. The largest absolute Gasteiger partial charge is 0.396 e. The molecule has 0 saturated carbocycles. The molecule has 13 heavy (non-hydrogen) atoms. The Morgan fingerprint density at radius 1 is 1.54 bits per heavy atom. The standard InChI is InChI=1S/C9H19NO2S/c1-3-10(6-4-7-11)9(12)5-8-13-2/h11H,3-8H2,1-2H3. The molecule has 0 atom stereocenters. The number of hydrogen-bond donors (Lipinski definition) is 1. The molecule has 0 saturated heterocycles. The fourth-order valence-electron chi connectivity index (χ4n) is 1.07. The van der Waals surface area contributed by atoms with Gasteiger partial charge in [0.15, 0.2) is 0 Å². The summed E-state index contributed by atoms with van der Waals surface area (Å²) in [7, 11) is 0. The summed E-state index contributed by atoms with van der Waals surface area (Å²) in [5, 5.41) is 8.63. The van der Waals surface area contributed by atoms with Crippen molar-refractivity contribution >= 4 is 17.7 Å². The molecule has 0 heterocycles. The molecule has 78 valence electrons. The highest BCUT2D eigenvalue weighted by molar-refractivity contribution is 7.98. The lowest BCUT2D eigenvalue weighted by Gasteiger charge is -2.20. The molecule has 0 aliphatic rings. The van der Waals surface area contributed by atoms with Gasteiger partial charge in [-0.05, 0) is 19.6 Å². The quantitative estimate of drug-likeness (QED) is 0.673. The third-order valence-electron chi connectivity index (χ3n) is 1.84. The molecule has 0 aromatic heterocycles. The Bertz CT molecular complexity index is 142. The average molecular weight is 205 g/mol. The molecule has 0 fully saturated rings. The van der Waals surface area contributed by atoms with Gasteiger partial charge in [0.2, 0.25) is 5.91 Å². The van der Waals surface area contributed by atoms with Crippen LogP contribution in [0.25, 0.3) is 0 Å². The molecule has 0 spiro atoms. The van der Waals surface area contributed by atoms with Crippen LogP contribution < -0.4 is 0 Å². The van der Waals surface area contributed by atoms with Gasteiger partial charge < -0.3 is 10.0 Å². The van der Waals surface area contributed by atoms with Crippen molar-refractivity contribution in [3.8, 4) is 0 Å². The summed E-state index contributed by atoms with van der Waals surface area (Å²) in [6.45, 7) is 3.55. The maximum absolute atomic E-state index is 11.5. The number of hydrogen-bond acceptors (Lipinski definition) is 3. The van der Waals surface area contributed by atoms with Gasteiger partial charge in [0, 0.05) is 31.9 Å². The van der Waals surface area contributed by atoms with Gasteiger partial charge >= 0.3 is 0 Å². The summed E-state index contributed by atoms with van der Waals surface area (Å²) in [4.78, 5) is 13.3. The summed E-state index contributed by atoms with van der Waals surface area (Å²) < 4.78 is 0. The Kier molecular flexibility index (Phi) is 8.24. The zero-order valence-corrected chi connectivity index (χ0v) is 9.27. The van der Waals surface area contributed by atoms with Crippen LogP contribution in [0.1, 0.15) is 19.8 Å². The van der Waals surface area contributed by atoms with Crippen molar-refractivity contribution in [3.63, 3.8) is 0 Å². The van der Waals surface area contributed by atoms with E-state index in [0.29, 0.717) is 19.4 Å². The van der Waals surface area contributed by atoms with Gasteiger partial charge in [-0.2, -0.15) is 11.8 Å². The zero-order valence-electron chi connectivity index (χ0n) is 8.45. The number of carbonyl (C=O) groups is 1. The predicted octanol–water partition coefficient (Wildman–Crippen LogP) is 0.970. The van der Waals surface area contributed by atoms with Crippen LogP contribution in [0.2, 0.25) is 0 Å². The van der Waals surface area contributed by atoms with Crippen LogP contribution in [0.15, 0.2) is 0 Å². The Hall–Kier alpha value is -0.220. The topological polar surface area (TPSA) is 40.5 Å². The second-order valence-corrected chi connectivity index (χ2v) is 3.78.